The quantitative estimate of drug-likeness (QED) is 0.588. The van der Waals surface area contributed by atoms with Crippen LogP contribution in [0.3, 0.4) is 0 Å². The fraction of sp³-hybridized carbons (Fsp3) is 0.550. The summed E-state index contributed by atoms with van der Waals surface area (Å²) in [6, 6.07) is 7.55. The summed E-state index contributed by atoms with van der Waals surface area (Å²) in [6.07, 6.45) is 7.35. The van der Waals surface area contributed by atoms with Crippen LogP contribution >= 0.6 is 0 Å². The molecule has 0 radical (unpaired) electrons. The van der Waals surface area contributed by atoms with Gasteiger partial charge >= 0.3 is 0 Å². The molecule has 0 aromatic heterocycles. The Labute approximate surface area is 149 Å². The molecule has 0 atom stereocenters. The van der Waals surface area contributed by atoms with E-state index in [-0.39, 0.29) is 36.4 Å². The minimum atomic E-state index is -0.333. The van der Waals surface area contributed by atoms with Gasteiger partial charge < -0.3 is 0 Å². The Kier molecular flexibility index (Phi) is 7.64. The first-order valence-corrected chi connectivity index (χ1v) is 9.31. The number of ketones is 1. The van der Waals surface area contributed by atoms with Crippen LogP contribution in [0.4, 0.5) is 0 Å². The van der Waals surface area contributed by atoms with Gasteiger partial charge in [-0.2, -0.15) is 0 Å². The van der Waals surface area contributed by atoms with Crippen molar-refractivity contribution in [3.63, 3.8) is 0 Å². The lowest BCUT2D eigenvalue weighted by atomic mass is 9.89. The highest BCUT2D eigenvalue weighted by Gasteiger charge is 2.21. The van der Waals surface area contributed by atoms with Crippen LogP contribution in [-0.4, -0.2) is 17.6 Å². The van der Waals surface area contributed by atoms with Gasteiger partial charge in [-0.25, -0.2) is 0 Å². The topological polar surface area (TPSA) is 75.3 Å². The Bertz CT molecular complexity index is 589. The van der Waals surface area contributed by atoms with E-state index in [1.165, 1.54) is 12.0 Å². The average Bonchev–Trinajstić information content (AvgIpc) is 2.65. The van der Waals surface area contributed by atoms with E-state index in [9.17, 15) is 14.4 Å². The van der Waals surface area contributed by atoms with Crippen LogP contribution in [0.5, 0.6) is 0 Å². The van der Waals surface area contributed by atoms with E-state index in [0.717, 1.165) is 38.5 Å². The second kappa shape index (κ2) is 9.97. The first-order valence-electron chi connectivity index (χ1n) is 9.31. The molecule has 2 rings (SSSR count). The van der Waals surface area contributed by atoms with Gasteiger partial charge in [0.25, 0.3) is 0 Å². The van der Waals surface area contributed by atoms with Crippen molar-refractivity contribution in [1.29, 1.82) is 0 Å². The van der Waals surface area contributed by atoms with E-state index in [0.29, 0.717) is 5.56 Å². The van der Waals surface area contributed by atoms with Crippen molar-refractivity contribution in [3.05, 3.63) is 35.4 Å². The van der Waals surface area contributed by atoms with Crippen LogP contribution in [0.15, 0.2) is 24.3 Å². The first kappa shape index (κ1) is 19.2. The first-order chi connectivity index (χ1) is 12.1. The van der Waals surface area contributed by atoms with Crippen molar-refractivity contribution < 1.29 is 14.4 Å². The lowest BCUT2D eigenvalue weighted by molar-refractivity contribution is -0.131. The molecule has 0 unspecified atom stereocenters. The number of hydrogen-bond acceptors (Lipinski definition) is 3. The Morgan fingerprint density at radius 1 is 0.960 bits per heavy atom. The molecule has 0 saturated heterocycles. The summed E-state index contributed by atoms with van der Waals surface area (Å²) in [4.78, 5) is 35.9. The number of carbonyl (C=O) groups is 3. The number of hydrogen-bond donors (Lipinski definition) is 2. The highest BCUT2D eigenvalue weighted by Crippen LogP contribution is 2.23. The molecule has 0 aliphatic heterocycles. The minimum Gasteiger partial charge on any atom is -0.294 e. The van der Waals surface area contributed by atoms with E-state index in [1.54, 1.807) is 0 Å². The van der Waals surface area contributed by atoms with Crippen LogP contribution in [0.1, 0.15) is 74.2 Å². The zero-order valence-electron chi connectivity index (χ0n) is 15.0. The Balaban J connectivity index is 1.69. The predicted molar refractivity (Wildman–Crippen MR) is 96.9 cm³/mol. The van der Waals surface area contributed by atoms with Crippen molar-refractivity contribution in [3.8, 4) is 0 Å². The number of hydrazine groups is 1. The molecule has 1 aliphatic rings. The molecule has 5 nitrogen and oxygen atoms in total. The fourth-order valence-corrected chi connectivity index (χ4v) is 3.18. The van der Waals surface area contributed by atoms with Crippen LogP contribution in [0.2, 0.25) is 0 Å². The van der Waals surface area contributed by atoms with Crippen molar-refractivity contribution in [2.45, 2.75) is 64.7 Å². The third-order valence-electron chi connectivity index (χ3n) is 4.69. The molecule has 1 saturated carbocycles. The maximum absolute atomic E-state index is 12.1. The minimum absolute atomic E-state index is 0.00248. The molecule has 1 aromatic rings. The summed E-state index contributed by atoms with van der Waals surface area (Å²) in [5.74, 6) is -0.514. The van der Waals surface area contributed by atoms with E-state index >= 15 is 0 Å². The molecule has 0 bridgehead atoms. The maximum atomic E-state index is 12.1. The van der Waals surface area contributed by atoms with Crippen LogP contribution in [0.25, 0.3) is 0 Å². The summed E-state index contributed by atoms with van der Waals surface area (Å²) >= 11 is 0. The summed E-state index contributed by atoms with van der Waals surface area (Å²) in [7, 11) is 0. The van der Waals surface area contributed by atoms with Gasteiger partial charge in [-0.3, -0.25) is 25.2 Å². The molecule has 1 fully saturated rings. The number of rotatable bonds is 7. The fourth-order valence-electron chi connectivity index (χ4n) is 3.18. The Morgan fingerprint density at radius 3 is 2.28 bits per heavy atom. The van der Waals surface area contributed by atoms with Crippen LogP contribution in [-0.2, 0) is 16.0 Å². The summed E-state index contributed by atoms with van der Waals surface area (Å²) in [5.41, 5.74) is 6.74. The largest absolute Gasteiger partial charge is 0.294 e. The molecular weight excluding hydrogens is 316 g/mol. The van der Waals surface area contributed by atoms with E-state index < -0.39 is 0 Å². The van der Waals surface area contributed by atoms with E-state index in [1.807, 2.05) is 24.3 Å². The van der Waals surface area contributed by atoms with Gasteiger partial charge in [0, 0.05) is 24.3 Å². The summed E-state index contributed by atoms with van der Waals surface area (Å²) < 4.78 is 0. The monoisotopic (exact) mass is 344 g/mol. The summed E-state index contributed by atoms with van der Waals surface area (Å²) in [6.45, 7) is 2.12. The number of benzene rings is 1. The Morgan fingerprint density at radius 2 is 1.64 bits per heavy atom. The second-order valence-electron chi connectivity index (χ2n) is 6.74. The van der Waals surface area contributed by atoms with Gasteiger partial charge in [0.15, 0.2) is 5.78 Å². The van der Waals surface area contributed by atoms with Crippen molar-refractivity contribution in [2.75, 3.05) is 0 Å². The third kappa shape index (κ3) is 6.33. The normalized spacial score (nSPS) is 14.8. The molecule has 25 heavy (non-hydrogen) atoms. The SMILES string of the molecule is CCCc1ccc(C(=O)CCC(=O)NNC(=O)C2CCCCC2)cc1. The zero-order valence-corrected chi connectivity index (χ0v) is 15.0. The standard InChI is InChI=1S/C20H28N2O3/c1-2-6-15-9-11-16(12-10-15)18(23)13-14-19(24)21-22-20(25)17-7-4-3-5-8-17/h9-12,17H,2-8,13-14H2,1H3,(H,21,24)(H,22,25). The summed E-state index contributed by atoms with van der Waals surface area (Å²) in [5, 5.41) is 0. The van der Waals surface area contributed by atoms with Gasteiger partial charge in [-0.05, 0) is 24.8 Å². The molecule has 2 amide bonds. The van der Waals surface area contributed by atoms with Gasteiger partial charge in [0.1, 0.15) is 0 Å². The number of carbonyl (C=O) groups excluding carboxylic acids is 3. The highest BCUT2D eigenvalue weighted by molar-refractivity contribution is 5.98. The smallest absolute Gasteiger partial charge is 0.241 e. The molecule has 0 spiro atoms. The van der Waals surface area contributed by atoms with Crippen molar-refractivity contribution >= 4 is 17.6 Å². The third-order valence-corrected chi connectivity index (χ3v) is 4.69. The molecule has 136 valence electrons. The number of amides is 2. The van der Waals surface area contributed by atoms with Gasteiger partial charge in [0.2, 0.25) is 11.8 Å². The maximum Gasteiger partial charge on any atom is 0.241 e. The lowest BCUT2D eigenvalue weighted by Gasteiger charge is -2.20. The number of nitrogens with one attached hydrogen (secondary N) is 2. The van der Waals surface area contributed by atoms with Crippen molar-refractivity contribution in [1.82, 2.24) is 10.9 Å². The molecule has 1 aliphatic carbocycles. The molecule has 5 heteroatoms. The van der Waals surface area contributed by atoms with E-state index in [4.69, 9.17) is 0 Å². The molecule has 1 aromatic carbocycles. The zero-order chi connectivity index (χ0) is 18.1. The molecule has 2 N–H and O–H groups in total. The number of aryl methyl sites for hydroxylation is 1. The van der Waals surface area contributed by atoms with Gasteiger partial charge in [0.05, 0.1) is 0 Å². The van der Waals surface area contributed by atoms with Gasteiger partial charge in [-0.15, -0.1) is 0 Å². The lowest BCUT2D eigenvalue weighted by Crippen LogP contribution is -2.45. The highest BCUT2D eigenvalue weighted by atomic mass is 16.2. The Hall–Kier alpha value is -2.17. The predicted octanol–water partition coefficient (Wildman–Crippen LogP) is 3.33. The van der Waals surface area contributed by atoms with Crippen molar-refractivity contribution in [2.24, 2.45) is 5.92 Å². The van der Waals surface area contributed by atoms with Crippen LogP contribution in [0, 0.1) is 5.92 Å². The van der Waals surface area contributed by atoms with Crippen LogP contribution < -0.4 is 10.9 Å². The second-order valence-corrected chi connectivity index (χ2v) is 6.74. The van der Waals surface area contributed by atoms with Gasteiger partial charge in [-0.1, -0.05) is 56.9 Å². The average molecular weight is 344 g/mol. The molecule has 0 heterocycles. The number of Topliss-reactive ketones (excluding diaryl/α,β-unsaturated/α-hetero) is 1. The molecular formula is C20H28N2O3. The van der Waals surface area contributed by atoms with E-state index in [2.05, 4.69) is 17.8 Å².